The van der Waals surface area contributed by atoms with Gasteiger partial charge in [0.2, 0.25) is 0 Å². The van der Waals surface area contributed by atoms with E-state index in [1.165, 1.54) is 19.1 Å². The summed E-state index contributed by atoms with van der Waals surface area (Å²) in [6.07, 6.45) is -3.84. The Bertz CT molecular complexity index is 1170. The van der Waals surface area contributed by atoms with E-state index in [0.717, 1.165) is 12.5 Å². The fraction of sp³-hybridized carbons (Fsp3) is 0.409. The molecule has 3 unspecified atom stereocenters. The van der Waals surface area contributed by atoms with Crippen LogP contribution >= 0.6 is 0 Å². The zero-order valence-corrected chi connectivity index (χ0v) is 18.0. The zero-order valence-electron chi connectivity index (χ0n) is 18.0. The van der Waals surface area contributed by atoms with Crippen LogP contribution in [0.15, 0.2) is 30.3 Å². The van der Waals surface area contributed by atoms with Gasteiger partial charge in [0.25, 0.3) is 5.91 Å². The number of hydrogen-bond acceptors (Lipinski definition) is 8. The molecule has 2 aromatic rings. The Hall–Kier alpha value is -3.74. The minimum Gasteiger partial charge on any atom is -0.379 e. The number of anilines is 2. The molecule has 34 heavy (non-hydrogen) atoms. The number of nitrogens with zero attached hydrogens (tertiary/aromatic N) is 6. The Morgan fingerprint density at radius 2 is 1.88 bits per heavy atom. The molecule has 4 heterocycles. The SMILES string of the molecule is CC(O)(CN1CC2CC(C1)N2c1ccc(C#N)nn1)C(=O)Nc1ccc(C#N)c(C(F)(F)F)c1. The molecule has 3 saturated heterocycles. The summed E-state index contributed by atoms with van der Waals surface area (Å²) in [5.41, 5.74) is -3.52. The van der Waals surface area contributed by atoms with Gasteiger partial charge in [0, 0.05) is 37.4 Å². The van der Waals surface area contributed by atoms with Crippen molar-refractivity contribution in [2.75, 3.05) is 29.9 Å². The van der Waals surface area contributed by atoms with Gasteiger partial charge in [-0.05, 0) is 43.7 Å². The third-order valence-corrected chi connectivity index (χ3v) is 6.02. The Balaban J connectivity index is 1.39. The van der Waals surface area contributed by atoms with Crippen LogP contribution < -0.4 is 10.2 Å². The molecule has 0 saturated carbocycles. The molecule has 176 valence electrons. The summed E-state index contributed by atoms with van der Waals surface area (Å²) < 4.78 is 39.5. The van der Waals surface area contributed by atoms with Gasteiger partial charge >= 0.3 is 6.18 Å². The van der Waals surface area contributed by atoms with E-state index in [2.05, 4.69) is 20.4 Å². The minimum atomic E-state index is -4.76. The van der Waals surface area contributed by atoms with Crippen LogP contribution in [0.25, 0.3) is 0 Å². The van der Waals surface area contributed by atoms with Crippen LogP contribution in [-0.2, 0) is 11.0 Å². The number of nitriles is 2. The molecule has 0 aliphatic carbocycles. The lowest BCUT2D eigenvalue weighted by atomic mass is 9.86. The van der Waals surface area contributed by atoms with E-state index in [4.69, 9.17) is 10.5 Å². The van der Waals surface area contributed by atoms with Crippen LogP contribution in [0.5, 0.6) is 0 Å². The molecule has 5 rings (SSSR count). The van der Waals surface area contributed by atoms with Crippen LogP contribution in [0.3, 0.4) is 0 Å². The Labute approximate surface area is 193 Å². The van der Waals surface area contributed by atoms with Gasteiger partial charge in [-0.1, -0.05) is 0 Å². The number of hydrogen-bond donors (Lipinski definition) is 2. The van der Waals surface area contributed by atoms with Crippen LogP contribution in [0.1, 0.15) is 30.2 Å². The standard InChI is InChI=1S/C22H20F3N7O2/c1-21(34,20(33)28-14-3-2-13(8-26)18(6-14)22(23,24)25)12-31-10-16-7-17(11-31)32(16)19-5-4-15(9-27)29-30-19/h2-6,16-17,34H,7,10-12H2,1H3,(H,28,33). The van der Waals surface area contributed by atoms with Crippen LogP contribution in [-0.4, -0.2) is 63.4 Å². The van der Waals surface area contributed by atoms with Gasteiger partial charge in [0.05, 0.1) is 17.2 Å². The number of carbonyl (C=O) groups excluding carboxylic acids is 1. The normalized spacial score (nSPS) is 21.6. The highest BCUT2D eigenvalue weighted by atomic mass is 19.4. The number of piperidine rings is 1. The van der Waals surface area contributed by atoms with Crippen molar-refractivity contribution in [1.82, 2.24) is 15.1 Å². The van der Waals surface area contributed by atoms with E-state index in [9.17, 15) is 23.1 Å². The molecule has 3 aliphatic rings. The van der Waals surface area contributed by atoms with Gasteiger partial charge in [-0.15, -0.1) is 10.2 Å². The Kier molecular flexibility index (Phi) is 5.89. The number of amides is 1. The van der Waals surface area contributed by atoms with E-state index >= 15 is 0 Å². The number of rotatable bonds is 5. The first-order valence-corrected chi connectivity index (χ1v) is 10.4. The first-order chi connectivity index (χ1) is 16.0. The molecule has 1 amide bonds. The zero-order chi connectivity index (χ0) is 24.7. The van der Waals surface area contributed by atoms with Crippen molar-refractivity contribution < 1.29 is 23.1 Å². The summed E-state index contributed by atoms with van der Waals surface area (Å²) in [5, 5.41) is 38.8. The summed E-state index contributed by atoms with van der Waals surface area (Å²) in [6.45, 7) is 2.40. The molecule has 1 aromatic heterocycles. The Morgan fingerprint density at radius 1 is 1.18 bits per heavy atom. The quantitative estimate of drug-likeness (QED) is 0.677. The van der Waals surface area contributed by atoms with E-state index < -0.39 is 28.8 Å². The van der Waals surface area contributed by atoms with Gasteiger partial charge in [0.1, 0.15) is 6.07 Å². The second kappa shape index (κ2) is 8.56. The van der Waals surface area contributed by atoms with Crippen molar-refractivity contribution >= 4 is 17.4 Å². The maximum absolute atomic E-state index is 13.2. The molecule has 0 radical (unpaired) electrons. The minimum absolute atomic E-state index is 0.0128. The second-order valence-corrected chi connectivity index (χ2v) is 8.63. The third-order valence-electron chi connectivity index (χ3n) is 6.02. The van der Waals surface area contributed by atoms with Gasteiger partial charge in [-0.25, -0.2) is 0 Å². The molecule has 0 spiro atoms. The largest absolute Gasteiger partial charge is 0.417 e. The molecule has 2 N–H and O–H groups in total. The van der Waals surface area contributed by atoms with Crippen molar-refractivity contribution in [3.63, 3.8) is 0 Å². The molecular weight excluding hydrogens is 451 g/mol. The first kappa shape index (κ1) is 23.4. The molecule has 12 heteroatoms. The molecule has 3 atom stereocenters. The van der Waals surface area contributed by atoms with Crippen molar-refractivity contribution in [3.05, 3.63) is 47.2 Å². The average molecular weight is 471 g/mol. The topological polar surface area (TPSA) is 129 Å². The monoisotopic (exact) mass is 471 g/mol. The summed E-state index contributed by atoms with van der Waals surface area (Å²) in [5.74, 6) is -0.190. The number of aliphatic hydroxyl groups is 1. The average Bonchev–Trinajstić information content (AvgIpc) is 2.78. The lowest BCUT2D eigenvalue weighted by molar-refractivity contribution is -0.138. The van der Waals surface area contributed by atoms with Crippen LogP contribution in [0.2, 0.25) is 0 Å². The predicted octanol–water partition coefficient (Wildman–Crippen LogP) is 1.89. The van der Waals surface area contributed by atoms with Crippen molar-refractivity contribution in [1.29, 1.82) is 10.5 Å². The fourth-order valence-corrected chi connectivity index (χ4v) is 4.45. The number of aromatic nitrogens is 2. The number of carbonyl (C=O) groups is 1. The highest BCUT2D eigenvalue weighted by molar-refractivity contribution is 5.97. The van der Waals surface area contributed by atoms with E-state index in [-0.39, 0.29) is 30.0 Å². The number of fused-ring (bicyclic) bond motifs is 2. The predicted molar refractivity (Wildman–Crippen MR) is 113 cm³/mol. The van der Waals surface area contributed by atoms with Crippen molar-refractivity contribution in [3.8, 4) is 12.1 Å². The first-order valence-electron chi connectivity index (χ1n) is 10.4. The van der Waals surface area contributed by atoms with Gasteiger partial charge in [-0.2, -0.15) is 23.7 Å². The van der Waals surface area contributed by atoms with Gasteiger partial charge in [0.15, 0.2) is 17.1 Å². The van der Waals surface area contributed by atoms with Crippen LogP contribution in [0.4, 0.5) is 24.7 Å². The molecule has 3 fully saturated rings. The van der Waals surface area contributed by atoms with Gasteiger partial charge in [-0.3, -0.25) is 9.69 Å². The maximum atomic E-state index is 13.2. The molecule has 3 aliphatic heterocycles. The summed E-state index contributed by atoms with van der Waals surface area (Å²) in [4.78, 5) is 16.7. The summed E-state index contributed by atoms with van der Waals surface area (Å²) >= 11 is 0. The van der Waals surface area contributed by atoms with E-state index in [0.29, 0.717) is 25.0 Å². The second-order valence-electron chi connectivity index (χ2n) is 8.63. The smallest absolute Gasteiger partial charge is 0.379 e. The van der Waals surface area contributed by atoms with E-state index in [1.54, 1.807) is 12.1 Å². The molecular formula is C22H20F3N7O2. The van der Waals surface area contributed by atoms with Gasteiger partial charge < -0.3 is 15.3 Å². The summed E-state index contributed by atoms with van der Waals surface area (Å²) in [6, 6.07) is 9.78. The number of halogens is 3. The molecule has 9 nitrogen and oxygen atoms in total. The maximum Gasteiger partial charge on any atom is 0.417 e. The lowest BCUT2D eigenvalue weighted by Gasteiger charge is -2.57. The number of piperazine rings is 1. The number of nitrogens with one attached hydrogen (secondary N) is 1. The lowest BCUT2D eigenvalue weighted by Crippen LogP contribution is -2.70. The third kappa shape index (κ3) is 4.51. The number of alkyl halides is 3. The van der Waals surface area contributed by atoms with E-state index in [1.807, 2.05) is 11.0 Å². The highest BCUT2D eigenvalue weighted by Crippen LogP contribution is 2.36. The summed E-state index contributed by atoms with van der Waals surface area (Å²) in [7, 11) is 0. The van der Waals surface area contributed by atoms with Crippen molar-refractivity contribution in [2.45, 2.75) is 37.2 Å². The molecule has 1 aromatic carbocycles. The Morgan fingerprint density at radius 3 is 2.44 bits per heavy atom. The fourth-order valence-electron chi connectivity index (χ4n) is 4.45. The highest BCUT2D eigenvalue weighted by Gasteiger charge is 2.47. The van der Waals surface area contributed by atoms with Crippen LogP contribution in [0, 0.1) is 22.7 Å². The molecule has 2 bridgehead atoms. The van der Waals surface area contributed by atoms with Crippen molar-refractivity contribution in [2.24, 2.45) is 0 Å². The number of benzene rings is 1.